The first kappa shape index (κ1) is 16.4. The number of aliphatic hydroxyl groups excluding tert-OH is 1. The number of nitrogens with zero attached hydrogens (tertiary/aromatic N) is 2. The van der Waals surface area contributed by atoms with Gasteiger partial charge in [0.15, 0.2) is 0 Å². The van der Waals surface area contributed by atoms with Gasteiger partial charge in [-0.1, -0.05) is 6.07 Å². The van der Waals surface area contributed by atoms with Crippen LogP contribution in [0.15, 0.2) is 30.6 Å². The summed E-state index contributed by atoms with van der Waals surface area (Å²) in [5, 5.41) is 16.6. The van der Waals surface area contributed by atoms with E-state index in [9.17, 15) is 22.7 Å². The minimum atomic E-state index is -4.73. The fourth-order valence-electron chi connectivity index (χ4n) is 1.98. The van der Waals surface area contributed by atoms with Gasteiger partial charge in [-0.2, -0.15) is 18.3 Å². The van der Waals surface area contributed by atoms with Crippen molar-refractivity contribution in [2.75, 3.05) is 6.54 Å². The highest BCUT2D eigenvalue weighted by molar-refractivity contribution is 5.27. The molecule has 0 aliphatic carbocycles. The number of halogens is 4. The summed E-state index contributed by atoms with van der Waals surface area (Å²) in [6, 6.07) is 2.82. The van der Waals surface area contributed by atoms with Crippen molar-refractivity contribution in [2.45, 2.75) is 18.8 Å². The van der Waals surface area contributed by atoms with Crippen LogP contribution in [0.5, 0.6) is 0 Å². The lowest BCUT2D eigenvalue weighted by Crippen LogP contribution is -2.21. The van der Waals surface area contributed by atoms with Crippen LogP contribution in [0.3, 0.4) is 0 Å². The first-order chi connectivity index (χ1) is 10.3. The van der Waals surface area contributed by atoms with Gasteiger partial charge in [0.2, 0.25) is 0 Å². The zero-order valence-electron chi connectivity index (χ0n) is 11.7. The molecule has 1 heterocycles. The Morgan fingerprint density at radius 2 is 2.09 bits per heavy atom. The molecule has 4 nitrogen and oxygen atoms in total. The number of hydrogen-bond acceptors (Lipinski definition) is 3. The van der Waals surface area contributed by atoms with E-state index in [-0.39, 0.29) is 18.7 Å². The van der Waals surface area contributed by atoms with Gasteiger partial charge in [0.1, 0.15) is 5.82 Å². The fourth-order valence-corrected chi connectivity index (χ4v) is 1.98. The Bertz CT molecular complexity index is 639. The molecule has 0 spiro atoms. The average Bonchev–Trinajstić information content (AvgIpc) is 2.86. The number of alkyl halides is 3. The predicted octanol–water partition coefficient (Wildman–Crippen LogP) is 2.40. The molecule has 1 aromatic heterocycles. The standard InChI is InChI=1S/C14H15F4N3O/c1-21-8-10(6-20-21)13(22)7-19-5-9-2-3-12(15)11(4-9)14(16,17)18/h2-4,6,8,13,19,22H,5,7H2,1H3/t13-/m0/s1. The van der Waals surface area contributed by atoms with Crippen LogP contribution in [0.1, 0.15) is 22.8 Å². The first-order valence-electron chi connectivity index (χ1n) is 6.50. The Hall–Kier alpha value is -1.93. The summed E-state index contributed by atoms with van der Waals surface area (Å²) in [5.74, 6) is -1.30. The molecule has 2 N–H and O–H groups in total. The molecule has 0 radical (unpaired) electrons. The maximum absolute atomic E-state index is 13.1. The Kier molecular flexibility index (Phi) is 4.82. The minimum absolute atomic E-state index is 0.0840. The molecular formula is C14H15F4N3O. The van der Waals surface area contributed by atoms with Gasteiger partial charge in [-0.3, -0.25) is 4.68 Å². The third kappa shape index (κ3) is 4.05. The topological polar surface area (TPSA) is 50.1 Å². The van der Waals surface area contributed by atoms with Gasteiger partial charge in [-0.15, -0.1) is 0 Å². The summed E-state index contributed by atoms with van der Waals surface area (Å²) in [6.45, 7) is 0.227. The lowest BCUT2D eigenvalue weighted by atomic mass is 10.1. The zero-order valence-corrected chi connectivity index (χ0v) is 11.7. The summed E-state index contributed by atoms with van der Waals surface area (Å²) in [6.07, 6.45) is -2.40. The monoisotopic (exact) mass is 317 g/mol. The van der Waals surface area contributed by atoms with E-state index in [4.69, 9.17) is 0 Å². The van der Waals surface area contributed by atoms with Crippen LogP contribution >= 0.6 is 0 Å². The highest BCUT2D eigenvalue weighted by atomic mass is 19.4. The highest BCUT2D eigenvalue weighted by Gasteiger charge is 2.34. The molecule has 0 unspecified atom stereocenters. The fraction of sp³-hybridized carbons (Fsp3) is 0.357. The second kappa shape index (κ2) is 6.45. The third-order valence-electron chi connectivity index (χ3n) is 3.11. The third-order valence-corrected chi connectivity index (χ3v) is 3.11. The molecule has 2 rings (SSSR count). The molecule has 0 bridgehead atoms. The van der Waals surface area contributed by atoms with Crippen molar-refractivity contribution in [3.05, 3.63) is 53.1 Å². The molecule has 0 fully saturated rings. The van der Waals surface area contributed by atoms with E-state index in [0.717, 1.165) is 12.1 Å². The van der Waals surface area contributed by atoms with Gasteiger partial charge in [0.25, 0.3) is 0 Å². The molecule has 120 valence electrons. The van der Waals surface area contributed by atoms with E-state index in [1.807, 2.05) is 0 Å². The molecule has 1 atom stereocenters. The number of aliphatic hydroxyl groups is 1. The van der Waals surface area contributed by atoms with Crippen molar-refractivity contribution in [3.8, 4) is 0 Å². The molecular weight excluding hydrogens is 302 g/mol. The molecule has 22 heavy (non-hydrogen) atoms. The van der Waals surface area contributed by atoms with Crippen LogP contribution in [0.25, 0.3) is 0 Å². The summed E-state index contributed by atoms with van der Waals surface area (Å²) in [5.41, 5.74) is -0.406. The van der Waals surface area contributed by atoms with Gasteiger partial charge in [0, 0.05) is 31.9 Å². The highest BCUT2D eigenvalue weighted by Crippen LogP contribution is 2.31. The first-order valence-corrected chi connectivity index (χ1v) is 6.50. The van der Waals surface area contributed by atoms with E-state index in [2.05, 4.69) is 10.4 Å². The number of nitrogens with one attached hydrogen (secondary N) is 1. The average molecular weight is 317 g/mol. The van der Waals surface area contributed by atoms with Gasteiger partial charge in [0.05, 0.1) is 17.9 Å². The Balaban J connectivity index is 1.95. The lowest BCUT2D eigenvalue weighted by Gasteiger charge is -2.12. The van der Waals surface area contributed by atoms with Crippen LogP contribution < -0.4 is 5.32 Å². The van der Waals surface area contributed by atoms with Gasteiger partial charge in [-0.05, 0) is 17.7 Å². The van der Waals surface area contributed by atoms with E-state index in [1.165, 1.54) is 16.9 Å². The van der Waals surface area contributed by atoms with Crippen molar-refractivity contribution in [1.82, 2.24) is 15.1 Å². The molecule has 2 aromatic rings. The Labute approximate surface area is 124 Å². The Morgan fingerprint density at radius 3 is 2.68 bits per heavy atom. The SMILES string of the molecule is Cn1cc([C@@H](O)CNCc2ccc(F)c(C(F)(F)F)c2)cn1. The molecule has 0 aliphatic heterocycles. The lowest BCUT2D eigenvalue weighted by molar-refractivity contribution is -0.140. The van der Waals surface area contributed by atoms with Crippen LogP contribution in [0.4, 0.5) is 17.6 Å². The van der Waals surface area contributed by atoms with Crippen LogP contribution in [0, 0.1) is 5.82 Å². The smallest absolute Gasteiger partial charge is 0.387 e. The summed E-state index contributed by atoms with van der Waals surface area (Å²) >= 11 is 0. The van der Waals surface area contributed by atoms with Gasteiger partial charge >= 0.3 is 6.18 Å². The molecule has 8 heteroatoms. The minimum Gasteiger partial charge on any atom is -0.387 e. The Morgan fingerprint density at radius 1 is 1.36 bits per heavy atom. The number of aromatic nitrogens is 2. The van der Waals surface area contributed by atoms with Gasteiger partial charge in [-0.25, -0.2) is 4.39 Å². The van der Waals surface area contributed by atoms with Gasteiger partial charge < -0.3 is 10.4 Å². The maximum Gasteiger partial charge on any atom is 0.419 e. The largest absolute Gasteiger partial charge is 0.419 e. The summed E-state index contributed by atoms with van der Waals surface area (Å²) in [7, 11) is 1.71. The van der Waals surface area contributed by atoms with Crippen molar-refractivity contribution in [2.24, 2.45) is 7.05 Å². The second-order valence-electron chi connectivity index (χ2n) is 4.91. The van der Waals surface area contributed by atoms with Crippen LogP contribution in [-0.4, -0.2) is 21.4 Å². The molecule has 1 aromatic carbocycles. The van der Waals surface area contributed by atoms with E-state index < -0.39 is 23.7 Å². The van der Waals surface area contributed by atoms with E-state index in [1.54, 1.807) is 13.2 Å². The predicted molar refractivity (Wildman–Crippen MR) is 71.3 cm³/mol. The van der Waals surface area contributed by atoms with E-state index in [0.29, 0.717) is 5.56 Å². The summed E-state index contributed by atoms with van der Waals surface area (Å²) in [4.78, 5) is 0. The zero-order chi connectivity index (χ0) is 16.3. The molecule has 0 amide bonds. The van der Waals surface area contributed by atoms with Crippen molar-refractivity contribution >= 4 is 0 Å². The number of aryl methyl sites for hydroxylation is 1. The normalized spacial score (nSPS) is 13.4. The van der Waals surface area contributed by atoms with Crippen molar-refractivity contribution in [3.63, 3.8) is 0 Å². The second-order valence-corrected chi connectivity index (χ2v) is 4.91. The molecule has 0 saturated carbocycles. The van der Waals surface area contributed by atoms with Crippen LogP contribution in [0.2, 0.25) is 0 Å². The number of hydrogen-bond donors (Lipinski definition) is 2. The molecule has 0 saturated heterocycles. The maximum atomic E-state index is 13.1. The van der Waals surface area contributed by atoms with Crippen LogP contribution in [-0.2, 0) is 19.8 Å². The quantitative estimate of drug-likeness (QED) is 0.833. The van der Waals surface area contributed by atoms with Crippen molar-refractivity contribution < 1.29 is 22.7 Å². The number of rotatable bonds is 5. The molecule has 0 aliphatic rings. The number of benzene rings is 1. The van der Waals surface area contributed by atoms with E-state index >= 15 is 0 Å². The van der Waals surface area contributed by atoms with Crippen molar-refractivity contribution in [1.29, 1.82) is 0 Å². The summed E-state index contributed by atoms with van der Waals surface area (Å²) < 4.78 is 52.5.